The van der Waals surface area contributed by atoms with Crippen LogP contribution in [0.25, 0.3) is 0 Å². The molecule has 4 heteroatoms. The van der Waals surface area contributed by atoms with Crippen LogP contribution in [0.3, 0.4) is 0 Å². The molecule has 4 nitrogen and oxygen atoms in total. The third-order valence-corrected chi connectivity index (χ3v) is 3.76. The predicted molar refractivity (Wildman–Crippen MR) is 96.9 cm³/mol. The topological polar surface area (TPSA) is 58.2 Å². The van der Waals surface area contributed by atoms with E-state index in [0.717, 1.165) is 18.4 Å². The molecule has 0 aliphatic carbocycles. The van der Waals surface area contributed by atoms with Crippen molar-refractivity contribution in [1.82, 2.24) is 5.32 Å². The molecule has 0 fully saturated rings. The Morgan fingerprint density at radius 2 is 1.62 bits per heavy atom. The molecule has 0 unspecified atom stereocenters. The summed E-state index contributed by atoms with van der Waals surface area (Å²) in [7, 11) is 0. The summed E-state index contributed by atoms with van der Waals surface area (Å²) in [6, 6.07) is 15.0. The van der Waals surface area contributed by atoms with Gasteiger partial charge in [-0.2, -0.15) is 0 Å². The molecule has 126 valence electrons. The zero-order valence-electron chi connectivity index (χ0n) is 14.3. The molecule has 0 saturated carbocycles. The quantitative estimate of drug-likeness (QED) is 0.807. The Morgan fingerprint density at radius 1 is 0.958 bits per heavy atom. The largest absolute Gasteiger partial charge is 0.348 e. The Balaban J connectivity index is 1.86. The number of amides is 2. The van der Waals surface area contributed by atoms with Gasteiger partial charge in [-0.15, -0.1) is 0 Å². The zero-order valence-corrected chi connectivity index (χ0v) is 14.3. The van der Waals surface area contributed by atoms with Crippen LogP contribution in [0.2, 0.25) is 0 Å². The first-order valence-electron chi connectivity index (χ1n) is 8.32. The van der Waals surface area contributed by atoms with Gasteiger partial charge in [0.1, 0.15) is 0 Å². The van der Waals surface area contributed by atoms with Crippen LogP contribution in [0.15, 0.2) is 48.5 Å². The zero-order chi connectivity index (χ0) is 17.4. The van der Waals surface area contributed by atoms with Crippen molar-refractivity contribution < 1.29 is 9.59 Å². The molecule has 2 amide bonds. The van der Waals surface area contributed by atoms with E-state index in [9.17, 15) is 9.59 Å². The minimum absolute atomic E-state index is 0.00780. The summed E-state index contributed by atoms with van der Waals surface area (Å²) in [6.07, 6.45) is 2.40. The van der Waals surface area contributed by atoms with Gasteiger partial charge in [0, 0.05) is 24.2 Å². The van der Waals surface area contributed by atoms with Crippen molar-refractivity contribution in [2.24, 2.45) is 0 Å². The maximum Gasteiger partial charge on any atom is 0.251 e. The van der Waals surface area contributed by atoms with Crippen LogP contribution >= 0.6 is 0 Å². The maximum atomic E-state index is 12.2. The van der Waals surface area contributed by atoms with Gasteiger partial charge in [0.05, 0.1) is 0 Å². The summed E-state index contributed by atoms with van der Waals surface area (Å²) in [5.74, 6) is -0.118. The van der Waals surface area contributed by atoms with E-state index in [0.29, 0.717) is 24.2 Å². The van der Waals surface area contributed by atoms with E-state index in [1.165, 1.54) is 5.56 Å². The molecule has 0 bridgehead atoms. The molecule has 0 radical (unpaired) electrons. The molecular weight excluding hydrogens is 300 g/mol. The van der Waals surface area contributed by atoms with Gasteiger partial charge in [-0.25, -0.2) is 0 Å². The number of hydrogen-bond acceptors (Lipinski definition) is 2. The van der Waals surface area contributed by atoms with Crippen molar-refractivity contribution in [3.63, 3.8) is 0 Å². The summed E-state index contributed by atoms with van der Waals surface area (Å²) >= 11 is 0. The molecular formula is C20H24N2O2. The van der Waals surface area contributed by atoms with Crippen molar-refractivity contribution in [2.45, 2.75) is 39.7 Å². The van der Waals surface area contributed by atoms with Gasteiger partial charge in [-0.3, -0.25) is 9.59 Å². The van der Waals surface area contributed by atoms with Crippen molar-refractivity contribution in [3.05, 3.63) is 65.2 Å². The SMILES string of the molecule is CCCCC(=O)Nc1ccc(C(=O)NCc2ccc(C)cc2)cc1. The van der Waals surface area contributed by atoms with E-state index < -0.39 is 0 Å². The number of hydrogen-bond donors (Lipinski definition) is 2. The highest BCUT2D eigenvalue weighted by atomic mass is 16.2. The van der Waals surface area contributed by atoms with Crippen LogP contribution in [0.1, 0.15) is 47.7 Å². The lowest BCUT2D eigenvalue weighted by molar-refractivity contribution is -0.116. The number of carbonyl (C=O) groups excluding carboxylic acids is 2. The van der Waals surface area contributed by atoms with Crippen LogP contribution in [0, 0.1) is 6.92 Å². The van der Waals surface area contributed by atoms with E-state index in [2.05, 4.69) is 17.6 Å². The molecule has 24 heavy (non-hydrogen) atoms. The van der Waals surface area contributed by atoms with E-state index in [1.54, 1.807) is 24.3 Å². The second kappa shape index (κ2) is 8.87. The number of carbonyl (C=O) groups is 2. The number of aryl methyl sites for hydroxylation is 1. The summed E-state index contributed by atoms with van der Waals surface area (Å²) in [5, 5.41) is 5.73. The van der Waals surface area contributed by atoms with Crippen LogP contribution in [-0.4, -0.2) is 11.8 Å². The van der Waals surface area contributed by atoms with Gasteiger partial charge >= 0.3 is 0 Å². The van der Waals surface area contributed by atoms with E-state index >= 15 is 0 Å². The van der Waals surface area contributed by atoms with E-state index in [-0.39, 0.29) is 11.8 Å². The number of benzene rings is 2. The van der Waals surface area contributed by atoms with E-state index in [1.807, 2.05) is 31.2 Å². The fourth-order valence-electron chi connectivity index (χ4n) is 2.26. The van der Waals surface area contributed by atoms with Gasteiger partial charge in [0.2, 0.25) is 5.91 Å². The molecule has 0 heterocycles. The van der Waals surface area contributed by atoms with Crippen LogP contribution in [0.5, 0.6) is 0 Å². The predicted octanol–water partition coefficient (Wildman–Crippen LogP) is 4.05. The molecule has 0 aromatic heterocycles. The first kappa shape index (κ1) is 17.7. The van der Waals surface area contributed by atoms with Crippen molar-refractivity contribution in [2.75, 3.05) is 5.32 Å². The minimum atomic E-state index is -0.126. The molecule has 0 spiro atoms. The minimum Gasteiger partial charge on any atom is -0.348 e. The third kappa shape index (κ3) is 5.54. The van der Waals surface area contributed by atoms with Gasteiger partial charge in [0.15, 0.2) is 0 Å². The average molecular weight is 324 g/mol. The smallest absolute Gasteiger partial charge is 0.251 e. The molecule has 0 saturated heterocycles. The Kier molecular flexibility index (Phi) is 6.55. The summed E-state index contributed by atoms with van der Waals surface area (Å²) in [5.41, 5.74) is 3.55. The lowest BCUT2D eigenvalue weighted by Crippen LogP contribution is -2.22. The highest BCUT2D eigenvalue weighted by molar-refractivity contribution is 5.95. The molecule has 2 N–H and O–H groups in total. The third-order valence-electron chi connectivity index (χ3n) is 3.76. The van der Waals surface area contributed by atoms with Crippen LogP contribution in [-0.2, 0) is 11.3 Å². The Hall–Kier alpha value is -2.62. The summed E-state index contributed by atoms with van der Waals surface area (Å²) in [6.45, 7) is 4.58. The molecule has 0 aliphatic rings. The molecule has 2 aromatic rings. The first-order chi connectivity index (χ1) is 11.6. The Bertz CT molecular complexity index is 676. The van der Waals surface area contributed by atoms with Crippen molar-refractivity contribution >= 4 is 17.5 Å². The molecule has 2 rings (SSSR count). The number of rotatable bonds is 7. The number of nitrogens with one attached hydrogen (secondary N) is 2. The van der Waals surface area contributed by atoms with E-state index in [4.69, 9.17) is 0 Å². The Morgan fingerprint density at radius 3 is 2.25 bits per heavy atom. The highest BCUT2D eigenvalue weighted by Gasteiger charge is 2.06. The molecule has 0 aliphatic heterocycles. The van der Waals surface area contributed by atoms with Gasteiger partial charge in [0.25, 0.3) is 5.91 Å². The first-order valence-corrected chi connectivity index (χ1v) is 8.32. The number of anilines is 1. The van der Waals surface area contributed by atoms with Gasteiger partial charge in [-0.05, 0) is 43.2 Å². The lowest BCUT2D eigenvalue weighted by Gasteiger charge is -2.08. The monoisotopic (exact) mass is 324 g/mol. The maximum absolute atomic E-state index is 12.2. The molecule has 0 atom stereocenters. The van der Waals surface area contributed by atoms with Crippen LogP contribution in [0.4, 0.5) is 5.69 Å². The second-order valence-corrected chi connectivity index (χ2v) is 5.90. The Labute approximate surface area is 143 Å². The average Bonchev–Trinajstić information content (AvgIpc) is 2.60. The number of unbranched alkanes of at least 4 members (excludes halogenated alkanes) is 1. The lowest BCUT2D eigenvalue weighted by atomic mass is 10.1. The standard InChI is InChI=1S/C20H24N2O2/c1-3-4-5-19(23)22-18-12-10-17(11-13-18)20(24)21-14-16-8-6-15(2)7-9-16/h6-13H,3-5,14H2,1-2H3,(H,21,24)(H,22,23). The summed E-state index contributed by atoms with van der Waals surface area (Å²) < 4.78 is 0. The normalized spacial score (nSPS) is 10.2. The van der Waals surface area contributed by atoms with Crippen LogP contribution < -0.4 is 10.6 Å². The van der Waals surface area contributed by atoms with Gasteiger partial charge in [-0.1, -0.05) is 43.2 Å². The van der Waals surface area contributed by atoms with Gasteiger partial charge < -0.3 is 10.6 Å². The fraction of sp³-hybridized carbons (Fsp3) is 0.300. The summed E-state index contributed by atoms with van der Waals surface area (Å²) in [4.78, 5) is 23.8. The van der Waals surface area contributed by atoms with Crippen molar-refractivity contribution in [1.29, 1.82) is 0 Å². The molecule has 2 aromatic carbocycles. The fourth-order valence-corrected chi connectivity index (χ4v) is 2.26. The second-order valence-electron chi connectivity index (χ2n) is 5.90. The van der Waals surface area contributed by atoms with Crippen molar-refractivity contribution in [3.8, 4) is 0 Å². The highest BCUT2D eigenvalue weighted by Crippen LogP contribution is 2.11.